The third kappa shape index (κ3) is 3.63. The molecule has 5 heterocycles. The monoisotopic (exact) mass is 412 g/mol. The molecule has 3 aliphatic rings. The molecule has 7 heteroatoms. The largest absolute Gasteiger partial charge is 0.392 e. The van der Waals surface area contributed by atoms with Gasteiger partial charge in [0, 0.05) is 51.6 Å². The second-order valence-corrected chi connectivity index (χ2v) is 9.40. The van der Waals surface area contributed by atoms with Crippen LogP contribution in [-0.4, -0.2) is 81.7 Å². The molecule has 3 fully saturated rings. The number of ether oxygens (including phenoxy) is 1. The molecule has 0 aromatic carbocycles. The van der Waals surface area contributed by atoms with Crippen LogP contribution in [0.2, 0.25) is 0 Å². The molecule has 0 radical (unpaired) electrons. The molecule has 30 heavy (non-hydrogen) atoms. The summed E-state index contributed by atoms with van der Waals surface area (Å²) in [6, 6.07) is 6.33. The number of β-amino-alcohol motifs (C(OH)–C–C–N with tert-alkyl or cyclic N) is 1. The lowest BCUT2D eigenvalue weighted by Crippen LogP contribution is -2.57. The van der Waals surface area contributed by atoms with Crippen LogP contribution in [0.25, 0.3) is 5.65 Å². The van der Waals surface area contributed by atoms with Crippen LogP contribution in [0.15, 0.2) is 24.4 Å². The molecule has 3 saturated heterocycles. The summed E-state index contributed by atoms with van der Waals surface area (Å²) >= 11 is 0. The van der Waals surface area contributed by atoms with Gasteiger partial charge < -0.3 is 14.7 Å². The van der Waals surface area contributed by atoms with Crippen molar-refractivity contribution >= 4 is 11.6 Å². The number of aliphatic hydroxyl groups excluding tert-OH is 1. The molecule has 3 aliphatic heterocycles. The van der Waals surface area contributed by atoms with Crippen molar-refractivity contribution in [3.8, 4) is 0 Å². The van der Waals surface area contributed by atoms with Crippen molar-refractivity contribution in [1.82, 2.24) is 19.2 Å². The SMILES string of the molecule is Cc1nc2ccccn2c1C(=O)N1CCC2(CC1)CC(O)CN(C1CCOCC1)C2. The van der Waals surface area contributed by atoms with E-state index < -0.39 is 0 Å². The van der Waals surface area contributed by atoms with Crippen molar-refractivity contribution in [1.29, 1.82) is 0 Å². The van der Waals surface area contributed by atoms with E-state index in [4.69, 9.17) is 4.74 Å². The number of aliphatic hydroxyl groups is 1. The summed E-state index contributed by atoms with van der Waals surface area (Å²) in [7, 11) is 0. The molecule has 1 unspecified atom stereocenters. The lowest BCUT2D eigenvalue weighted by atomic mass is 9.71. The van der Waals surface area contributed by atoms with Gasteiger partial charge in [0.25, 0.3) is 5.91 Å². The smallest absolute Gasteiger partial charge is 0.272 e. The molecule has 2 aromatic rings. The van der Waals surface area contributed by atoms with Gasteiger partial charge in [0.05, 0.1) is 11.8 Å². The van der Waals surface area contributed by atoms with Gasteiger partial charge in [0.15, 0.2) is 0 Å². The number of rotatable bonds is 2. The minimum absolute atomic E-state index is 0.0682. The van der Waals surface area contributed by atoms with Crippen LogP contribution in [0, 0.1) is 12.3 Å². The van der Waals surface area contributed by atoms with E-state index in [1.165, 1.54) is 0 Å². The Morgan fingerprint density at radius 3 is 2.77 bits per heavy atom. The number of piperidine rings is 2. The quantitative estimate of drug-likeness (QED) is 0.818. The van der Waals surface area contributed by atoms with Gasteiger partial charge in [-0.2, -0.15) is 0 Å². The van der Waals surface area contributed by atoms with E-state index in [0.29, 0.717) is 11.7 Å². The Hall–Kier alpha value is -1.96. The van der Waals surface area contributed by atoms with Crippen LogP contribution in [0.5, 0.6) is 0 Å². The van der Waals surface area contributed by atoms with Crippen molar-refractivity contribution in [3.63, 3.8) is 0 Å². The highest BCUT2D eigenvalue weighted by Crippen LogP contribution is 2.41. The number of fused-ring (bicyclic) bond motifs is 1. The maximum Gasteiger partial charge on any atom is 0.272 e. The Balaban J connectivity index is 1.29. The first-order valence-electron chi connectivity index (χ1n) is 11.3. The molecule has 162 valence electrons. The summed E-state index contributed by atoms with van der Waals surface area (Å²) in [5.74, 6) is 0.0682. The number of carbonyl (C=O) groups is 1. The fourth-order valence-corrected chi connectivity index (χ4v) is 5.79. The lowest BCUT2D eigenvalue weighted by molar-refractivity contribution is -0.0695. The normalized spacial score (nSPS) is 25.8. The van der Waals surface area contributed by atoms with E-state index in [1.807, 2.05) is 40.6 Å². The first kappa shape index (κ1) is 20.0. The van der Waals surface area contributed by atoms with E-state index in [9.17, 15) is 9.90 Å². The minimum atomic E-state index is -0.273. The van der Waals surface area contributed by atoms with E-state index in [0.717, 1.165) is 82.8 Å². The van der Waals surface area contributed by atoms with Gasteiger partial charge >= 0.3 is 0 Å². The molecule has 0 saturated carbocycles. The summed E-state index contributed by atoms with van der Waals surface area (Å²) in [5, 5.41) is 10.6. The van der Waals surface area contributed by atoms with Crippen molar-refractivity contribution in [2.45, 2.75) is 51.2 Å². The van der Waals surface area contributed by atoms with Gasteiger partial charge in [-0.1, -0.05) is 6.07 Å². The van der Waals surface area contributed by atoms with Crippen LogP contribution < -0.4 is 0 Å². The van der Waals surface area contributed by atoms with Gasteiger partial charge in [0.1, 0.15) is 11.3 Å². The molecule has 1 amide bonds. The predicted octanol–water partition coefficient (Wildman–Crippen LogP) is 2.11. The molecule has 5 rings (SSSR count). The van der Waals surface area contributed by atoms with Crippen LogP contribution in [0.3, 0.4) is 0 Å². The number of hydrogen-bond acceptors (Lipinski definition) is 5. The topological polar surface area (TPSA) is 70.3 Å². The average molecular weight is 413 g/mol. The van der Waals surface area contributed by atoms with Crippen molar-refractivity contribution in [2.75, 3.05) is 39.4 Å². The molecular formula is C23H32N4O3. The average Bonchev–Trinajstić information content (AvgIpc) is 3.09. The molecule has 1 atom stereocenters. The standard InChI is InChI=1S/C23H32N4O3/c1-17-21(27-9-3-2-4-20(27)24-17)22(29)25-10-7-23(8-11-25)14-19(28)15-26(16-23)18-5-12-30-13-6-18/h2-4,9,18-19,28H,5-8,10-16H2,1H3. The number of aryl methyl sites for hydroxylation is 1. The maximum absolute atomic E-state index is 13.3. The van der Waals surface area contributed by atoms with Gasteiger partial charge in [-0.3, -0.25) is 14.1 Å². The molecule has 7 nitrogen and oxygen atoms in total. The Labute approximate surface area is 177 Å². The van der Waals surface area contributed by atoms with Crippen molar-refractivity contribution in [3.05, 3.63) is 35.8 Å². The summed E-state index contributed by atoms with van der Waals surface area (Å²) in [5.41, 5.74) is 2.38. The predicted molar refractivity (Wildman–Crippen MR) is 114 cm³/mol. The van der Waals surface area contributed by atoms with Gasteiger partial charge in [0.2, 0.25) is 0 Å². The number of aromatic nitrogens is 2. The zero-order valence-corrected chi connectivity index (χ0v) is 17.8. The van der Waals surface area contributed by atoms with E-state index >= 15 is 0 Å². The van der Waals surface area contributed by atoms with Gasteiger partial charge in [-0.25, -0.2) is 4.98 Å². The number of nitrogens with zero attached hydrogens (tertiary/aromatic N) is 4. The minimum Gasteiger partial charge on any atom is -0.392 e. The summed E-state index contributed by atoms with van der Waals surface area (Å²) < 4.78 is 7.43. The Bertz CT molecular complexity index is 912. The Kier molecular flexibility index (Phi) is 5.29. The summed E-state index contributed by atoms with van der Waals surface area (Å²) in [6.07, 6.45) is 6.50. The molecule has 1 N–H and O–H groups in total. The third-order valence-electron chi connectivity index (χ3n) is 7.38. The Morgan fingerprint density at radius 2 is 2.00 bits per heavy atom. The summed E-state index contributed by atoms with van der Waals surface area (Å²) in [4.78, 5) is 22.4. The highest BCUT2D eigenvalue weighted by Gasteiger charge is 2.44. The fourth-order valence-electron chi connectivity index (χ4n) is 5.79. The van der Waals surface area contributed by atoms with Crippen LogP contribution in [0.4, 0.5) is 0 Å². The second-order valence-electron chi connectivity index (χ2n) is 9.40. The van der Waals surface area contributed by atoms with E-state index in [1.54, 1.807) is 0 Å². The molecule has 1 spiro atoms. The van der Waals surface area contributed by atoms with Crippen LogP contribution >= 0.6 is 0 Å². The molecule has 0 aliphatic carbocycles. The maximum atomic E-state index is 13.3. The zero-order valence-electron chi connectivity index (χ0n) is 17.8. The van der Waals surface area contributed by atoms with Crippen molar-refractivity contribution < 1.29 is 14.6 Å². The summed E-state index contributed by atoms with van der Waals surface area (Å²) in [6.45, 7) is 6.85. The first-order valence-corrected chi connectivity index (χ1v) is 11.3. The number of pyridine rings is 1. The highest BCUT2D eigenvalue weighted by molar-refractivity contribution is 5.94. The Morgan fingerprint density at radius 1 is 1.23 bits per heavy atom. The lowest BCUT2D eigenvalue weighted by Gasteiger charge is -2.51. The van der Waals surface area contributed by atoms with Crippen LogP contribution in [0.1, 0.15) is 48.3 Å². The molecule has 0 bridgehead atoms. The first-order chi connectivity index (χ1) is 14.5. The number of hydrogen-bond donors (Lipinski definition) is 1. The number of carbonyl (C=O) groups excluding carboxylic acids is 1. The molecular weight excluding hydrogens is 380 g/mol. The van der Waals surface area contributed by atoms with E-state index in [2.05, 4.69) is 9.88 Å². The highest BCUT2D eigenvalue weighted by atomic mass is 16.5. The third-order valence-corrected chi connectivity index (χ3v) is 7.38. The second kappa shape index (κ2) is 7.94. The number of imidazole rings is 1. The number of likely N-dealkylation sites (tertiary alicyclic amines) is 2. The zero-order chi connectivity index (χ0) is 20.7. The van der Waals surface area contributed by atoms with E-state index in [-0.39, 0.29) is 17.4 Å². The van der Waals surface area contributed by atoms with Gasteiger partial charge in [-0.15, -0.1) is 0 Å². The fraction of sp³-hybridized carbons (Fsp3) is 0.652. The van der Waals surface area contributed by atoms with Crippen molar-refractivity contribution in [2.24, 2.45) is 5.41 Å². The molecule has 2 aromatic heterocycles. The van der Waals surface area contributed by atoms with Crippen LogP contribution in [-0.2, 0) is 4.74 Å². The number of amides is 1. The van der Waals surface area contributed by atoms with Gasteiger partial charge in [-0.05, 0) is 56.6 Å².